The summed E-state index contributed by atoms with van der Waals surface area (Å²) in [5, 5.41) is 9.05. The number of nitrogens with zero attached hydrogens (tertiary/aromatic N) is 1. The first kappa shape index (κ1) is 14.1. The van der Waals surface area contributed by atoms with Gasteiger partial charge in [0, 0.05) is 11.8 Å². The average molecular weight is 286 g/mol. The quantitative estimate of drug-likeness (QED) is 0.876. The molecule has 0 spiro atoms. The number of nitriles is 1. The standard InChI is InChI=1S/C15H14N2O2S/c1-19-14-8-13(17)6-7-15(14)20(18)10-12-5-3-2-4-11(12)9-16/h2-8H,10,17H2,1H3. The van der Waals surface area contributed by atoms with E-state index in [4.69, 9.17) is 15.7 Å². The molecule has 2 N–H and O–H groups in total. The molecule has 0 saturated carbocycles. The Morgan fingerprint density at radius 3 is 2.75 bits per heavy atom. The molecule has 0 aliphatic carbocycles. The number of rotatable bonds is 4. The molecule has 0 amide bonds. The summed E-state index contributed by atoms with van der Waals surface area (Å²) in [5.41, 5.74) is 7.53. The Hall–Kier alpha value is -2.32. The van der Waals surface area contributed by atoms with E-state index in [1.165, 1.54) is 7.11 Å². The van der Waals surface area contributed by atoms with Gasteiger partial charge in [-0.2, -0.15) is 5.26 Å². The van der Waals surface area contributed by atoms with Gasteiger partial charge < -0.3 is 10.5 Å². The van der Waals surface area contributed by atoms with Crippen molar-refractivity contribution in [2.75, 3.05) is 12.8 Å². The molecule has 0 bridgehead atoms. The van der Waals surface area contributed by atoms with Gasteiger partial charge in [0.15, 0.2) is 0 Å². The zero-order valence-electron chi connectivity index (χ0n) is 11.0. The number of benzene rings is 2. The summed E-state index contributed by atoms with van der Waals surface area (Å²) >= 11 is 0. The maximum atomic E-state index is 12.5. The van der Waals surface area contributed by atoms with E-state index in [2.05, 4.69) is 6.07 Å². The lowest BCUT2D eigenvalue weighted by atomic mass is 10.1. The van der Waals surface area contributed by atoms with E-state index in [0.29, 0.717) is 21.9 Å². The van der Waals surface area contributed by atoms with Crippen LogP contribution in [0, 0.1) is 11.3 Å². The smallest absolute Gasteiger partial charge is 0.137 e. The Morgan fingerprint density at radius 1 is 1.30 bits per heavy atom. The summed E-state index contributed by atoms with van der Waals surface area (Å²) in [5.74, 6) is 0.766. The van der Waals surface area contributed by atoms with Crippen molar-refractivity contribution in [3.05, 3.63) is 53.6 Å². The number of nitrogen functional groups attached to an aromatic ring is 1. The van der Waals surface area contributed by atoms with Gasteiger partial charge in [0.05, 0.1) is 40.2 Å². The zero-order valence-corrected chi connectivity index (χ0v) is 11.8. The summed E-state index contributed by atoms with van der Waals surface area (Å²) in [7, 11) is 0.215. The second-order valence-corrected chi connectivity index (χ2v) is 5.59. The predicted octanol–water partition coefficient (Wildman–Crippen LogP) is 2.46. The van der Waals surface area contributed by atoms with Gasteiger partial charge in [0.1, 0.15) is 5.75 Å². The van der Waals surface area contributed by atoms with Crippen LogP contribution in [0.2, 0.25) is 0 Å². The Balaban J connectivity index is 2.31. The van der Waals surface area contributed by atoms with Gasteiger partial charge in [0.2, 0.25) is 0 Å². The van der Waals surface area contributed by atoms with Crippen molar-refractivity contribution in [1.82, 2.24) is 0 Å². The van der Waals surface area contributed by atoms with Crippen LogP contribution in [0.5, 0.6) is 5.75 Å². The maximum absolute atomic E-state index is 12.5. The van der Waals surface area contributed by atoms with Crippen molar-refractivity contribution < 1.29 is 8.95 Å². The van der Waals surface area contributed by atoms with Gasteiger partial charge in [0.25, 0.3) is 0 Å². The Morgan fingerprint density at radius 2 is 2.05 bits per heavy atom. The molecule has 4 nitrogen and oxygen atoms in total. The van der Waals surface area contributed by atoms with Gasteiger partial charge in [-0.3, -0.25) is 4.21 Å². The Labute approximate surface area is 120 Å². The highest BCUT2D eigenvalue weighted by Crippen LogP contribution is 2.26. The van der Waals surface area contributed by atoms with Crippen LogP contribution in [0.15, 0.2) is 47.4 Å². The monoisotopic (exact) mass is 286 g/mol. The van der Waals surface area contributed by atoms with Gasteiger partial charge >= 0.3 is 0 Å². The molecule has 0 saturated heterocycles. The van der Waals surface area contributed by atoms with Crippen molar-refractivity contribution in [2.24, 2.45) is 0 Å². The number of methoxy groups -OCH3 is 1. The summed E-state index contributed by atoms with van der Waals surface area (Å²) < 4.78 is 17.7. The minimum atomic E-state index is -1.30. The lowest BCUT2D eigenvalue weighted by Gasteiger charge is -2.09. The first-order valence-corrected chi connectivity index (χ1v) is 7.27. The van der Waals surface area contributed by atoms with E-state index in [1.54, 1.807) is 36.4 Å². The number of ether oxygens (including phenoxy) is 1. The Kier molecular flexibility index (Phi) is 4.38. The molecule has 0 aliphatic heterocycles. The van der Waals surface area contributed by atoms with E-state index in [0.717, 1.165) is 5.56 Å². The van der Waals surface area contributed by atoms with Crippen LogP contribution in [0.3, 0.4) is 0 Å². The summed E-state index contributed by atoms with van der Waals surface area (Å²) in [6.45, 7) is 0. The number of hydrogen-bond acceptors (Lipinski definition) is 4. The number of hydrogen-bond donors (Lipinski definition) is 1. The lowest BCUT2D eigenvalue weighted by molar-refractivity contribution is 0.404. The van der Waals surface area contributed by atoms with Crippen LogP contribution in [-0.4, -0.2) is 11.3 Å². The van der Waals surface area contributed by atoms with E-state index in [9.17, 15) is 4.21 Å². The third-order valence-corrected chi connectivity index (χ3v) is 4.26. The SMILES string of the molecule is COc1cc(N)ccc1S(=O)Cc1ccccc1C#N. The van der Waals surface area contributed by atoms with Gasteiger partial charge in [-0.1, -0.05) is 18.2 Å². The molecule has 5 heteroatoms. The van der Waals surface area contributed by atoms with Crippen LogP contribution in [-0.2, 0) is 16.6 Å². The first-order chi connectivity index (χ1) is 9.65. The topological polar surface area (TPSA) is 76.1 Å². The molecule has 2 aromatic rings. The third kappa shape index (κ3) is 2.98. The van der Waals surface area contributed by atoms with Crippen molar-refractivity contribution in [3.8, 4) is 11.8 Å². The van der Waals surface area contributed by atoms with Crippen LogP contribution >= 0.6 is 0 Å². The fourth-order valence-corrected chi connectivity index (χ4v) is 3.12. The largest absolute Gasteiger partial charge is 0.495 e. The molecule has 2 aromatic carbocycles. The molecular weight excluding hydrogens is 272 g/mol. The van der Waals surface area contributed by atoms with Gasteiger partial charge in [-0.25, -0.2) is 0 Å². The molecule has 1 unspecified atom stereocenters. The molecule has 1 atom stereocenters. The molecule has 0 radical (unpaired) electrons. The van der Waals surface area contributed by atoms with Crippen LogP contribution in [0.1, 0.15) is 11.1 Å². The van der Waals surface area contributed by atoms with E-state index < -0.39 is 10.8 Å². The number of nitrogens with two attached hydrogens (primary N) is 1. The van der Waals surface area contributed by atoms with Crippen molar-refractivity contribution in [3.63, 3.8) is 0 Å². The van der Waals surface area contributed by atoms with Crippen molar-refractivity contribution in [1.29, 1.82) is 5.26 Å². The minimum Gasteiger partial charge on any atom is -0.495 e. The highest BCUT2D eigenvalue weighted by atomic mass is 32.2. The molecule has 2 rings (SSSR count). The third-order valence-electron chi connectivity index (χ3n) is 2.86. The summed E-state index contributed by atoms with van der Waals surface area (Å²) in [6, 6.07) is 14.3. The number of anilines is 1. The summed E-state index contributed by atoms with van der Waals surface area (Å²) in [6.07, 6.45) is 0. The zero-order chi connectivity index (χ0) is 14.5. The van der Waals surface area contributed by atoms with Crippen molar-refractivity contribution in [2.45, 2.75) is 10.6 Å². The Bertz CT molecular complexity index is 693. The fraction of sp³-hybridized carbons (Fsp3) is 0.133. The average Bonchev–Trinajstić information content (AvgIpc) is 2.47. The molecule has 20 heavy (non-hydrogen) atoms. The molecule has 102 valence electrons. The van der Waals surface area contributed by atoms with Crippen LogP contribution in [0.25, 0.3) is 0 Å². The first-order valence-electron chi connectivity index (χ1n) is 5.95. The normalized spacial score (nSPS) is 11.6. The molecule has 0 aliphatic rings. The van der Waals surface area contributed by atoms with Gasteiger partial charge in [-0.05, 0) is 23.8 Å². The van der Waals surface area contributed by atoms with Crippen LogP contribution < -0.4 is 10.5 Å². The molecule has 0 aromatic heterocycles. The molecule has 0 fully saturated rings. The van der Waals surface area contributed by atoms with E-state index >= 15 is 0 Å². The maximum Gasteiger partial charge on any atom is 0.137 e. The van der Waals surface area contributed by atoms with Crippen LogP contribution in [0.4, 0.5) is 5.69 Å². The van der Waals surface area contributed by atoms with Gasteiger partial charge in [-0.15, -0.1) is 0 Å². The van der Waals surface area contributed by atoms with E-state index in [1.807, 2.05) is 6.07 Å². The predicted molar refractivity (Wildman–Crippen MR) is 78.7 cm³/mol. The fourth-order valence-electron chi connectivity index (χ4n) is 1.85. The lowest BCUT2D eigenvalue weighted by Crippen LogP contribution is -2.02. The molecule has 0 heterocycles. The molecular formula is C15H14N2O2S. The highest BCUT2D eigenvalue weighted by molar-refractivity contribution is 7.84. The second kappa shape index (κ2) is 6.22. The van der Waals surface area contributed by atoms with E-state index in [-0.39, 0.29) is 5.75 Å². The summed E-state index contributed by atoms with van der Waals surface area (Å²) in [4.78, 5) is 0.578. The van der Waals surface area contributed by atoms with Crippen molar-refractivity contribution >= 4 is 16.5 Å². The highest BCUT2D eigenvalue weighted by Gasteiger charge is 2.13. The minimum absolute atomic E-state index is 0.268. The second-order valence-electron chi connectivity index (χ2n) is 4.17.